The Morgan fingerprint density at radius 3 is 2.30 bits per heavy atom. The van der Waals surface area contributed by atoms with Gasteiger partial charge in [0.05, 0.1) is 24.3 Å². The van der Waals surface area contributed by atoms with Crippen molar-refractivity contribution in [2.75, 3.05) is 13.3 Å². The molecule has 1 aromatic rings. The van der Waals surface area contributed by atoms with Gasteiger partial charge in [0.2, 0.25) is 5.91 Å². The average molecular weight is 346 g/mol. The minimum absolute atomic E-state index is 0.00227. The number of hydrogen-bond donors (Lipinski definition) is 1. The lowest BCUT2D eigenvalue weighted by Gasteiger charge is -2.44. The lowest BCUT2D eigenvalue weighted by molar-refractivity contribution is -0.130. The van der Waals surface area contributed by atoms with Gasteiger partial charge in [-0.25, -0.2) is 0 Å². The van der Waals surface area contributed by atoms with E-state index in [0.717, 1.165) is 15.6 Å². The highest BCUT2D eigenvalue weighted by molar-refractivity contribution is 9.10. The van der Waals surface area contributed by atoms with Crippen molar-refractivity contribution in [2.24, 2.45) is 0 Å². The number of nitrogens with one attached hydrogen (secondary N) is 1. The molecular weight excluding hydrogens is 328 g/mol. The molecular formula is C15H18BrF2NO. The summed E-state index contributed by atoms with van der Waals surface area (Å²) in [6.45, 7) is 2.48. The van der Waals surface area contributed by atoms with Gasteiger partial charge in [-0.1, -0.05) is 22.0 Å². The highest BCUT2D eigenvalue weighted by Gasteiger charge is 2.48. The fourth-order valence-corrected chi connectivity index (χ4v) is 3.36. The van der Waals surface area contributed by atoms with Gasteiger partial charge in [-0.05, 0) is 49.9 Å². The fourth-order valence-electron chi connectivity index (χ4n) is 2.99. The molecule has 5 heteroatoms. The lowest BCUT2D eigenvalue weighted by Crippen LogP contribution is -2.57. The Kier molecular flexibility index (Phi) is 4.19. The van der Waals surface area contributed by atoms with E-state index in [2.05, 4.69) is 21.2 Å². The first-order valence-corrected chi connectivity index (χ1v) is 7.42. The molecule has 2 nitrogen and oxygen atoms in total. The number of hydrogen-bond acceptors (Lipinski definition) is 1. The maximum atomic E-state index is 13.0. The van der Waals surface area contributed by atoms with Crippen LogP contribution >= 0.6 is 15.9 Å². The molecule has 0 unspecified atom stereocenters. The maximum Gasteiger partial charge on any atom is 0.231 e. The molecule has 110 valence electrons. The van der Waals surface area contributed by atoms with Crippen molar-refractivity contribution in [3.63, 3.8) is 0 Å². The van der Waals surface area contributed by atoms with Crippen LogP contribution in [0.25, 0.3) is 0 Å². The molecule has 20 heavy (non-hydrogen) atoms. The van der Waals surface area contributed by atoms with Crippen LogP contribution in [0.5, 0.6) is 0 Å². The van der Waals surface area contributed by atoms with Gasteiger partial charge < -0.3 is 5.32 Å². The van der Waals surface area contributed by atoms with Gasteiger partial charge in [-0.15, -0.1) is 0 Å². The molecule has 1 amide bonds. The summed E-state index contributed by atoms with van der Waals surface area (Å²) in [4.78, 5) is 12.5. The molecule has 0 atom stereocenters. The van der Waals surface area contributed by atoms with Crippen LogP contribution in [-0.2, 0) is 15.7 Å². The van der Waals surface area contributed by atoms with E-state index >= 15 is 0 Å². The summed E-state index contributed by atoms with van der Waals surface area (Å²) in [5, 5.41) is 2.90. The van der Waals surface area contributed by atoms with Crippen molar-refractivity contribution in [3.8, 4) is 0 Å². The molecule has 1 N–H and O–H groups in total. The molecule has 0 fully saturated rings. The van der Waals surface area contributed by atoms with Crippen LogP contribution in [0.4, 0.5) is 8.78 Å². The van der Waals surface area contributed by atoms with Gasteiger partial charge in [0, 0.05) is 4.47 Å². The van der Waals surface area contributed by atoms with Crippen molar-refractivity contribution in [3.05, 3.63) is 33.8 Å². The first-order chi connectivity index (χ1) is 9.37. The Labute approximate surface area is 126 Å². The molecule has 0 spiro atoms. The molecule has 1 heterocycles. The quantitative estimate of drug-likeness (QED) is 0.884. The molecule has 0 saturated carbocycles. The highest BCUT2D eigenvalue weighted by Crippen LogP contribution is 2.43. The van der Waals surface area contributed by atoms with Crippen molar-refractivity contribution < 1.29 is 13.6 Å². The normalized spacial score (nSPS) is 19.4. The van der Waals surface area contributed by atoms with Crippen LogP contribution in [0.1, 0.15) is 37.8 Å². The van der Waals surface area contributed by atoms with Crippen molar-refractivity contribution >= 4 is 21.8 Å². The van der Waals surface area contributed by atoms with E-state index in [9.17, 15) is 13.6 Å². The number of benzene rings is 1. The number of carbonyl (C=O) groups is 1. The summed E-state index contributed by atoms with van der Waals surface area (Å²) in [7, 11) is 0. The first kappa shape index (κ1) is 15.4. The smallest absolute Gasteiger partial charge is 0.231 e. The third kappa shape index (κ3) is 2.36. The minimum Gasteiger partial charge on any atom is -0.346 e. The first-order valence-electron chi connectivity index (χ1n) is 6.62. The molecule has 2 rings (SSSR count). The number of amides is 1. The number of carbonyl (C=O) groups excluding carboxylic acids is 1. The Morgan fingerprint density at radius 1 is 1.15 bits per heavy atom. The topological polar surface area (TPSA) is 29.1 Å². The Morgan fingerprint density at radius 2 is 1.75 bits per heavy atom. The van der Waals surface area contributed by atoms with Gasteiger partial charge in [-0.3, -0.25) is 13.6 Å². The van der Waals surface area contributed by atoms with E-state index in [1.807, 2.05) is 32.0 Å². The maximum absolute atomic E-state index is 13.0. The predicted octanol–water partition coefficient (Wildman–Crippen LogP) is 3.77. The molecule has 0 bridgehead atoms. The SMILES string of the molecule is CC1(C)NC(=O)C(CCF)(CCF)c2cc(Br)ccc21. The van der Waals surface area contributed by atoms with Gasteiger partial charge >= 0.3 is 0 Å². The third-order valence-electron chi connectivity index (χ3n) is 4.07. The van der Waals surface area contributed by atoms with Crippen LogP contribution < -0.4 is 5.32 Å². The molecule has 0 aliphatic carbocycles. The number of fused-ring (bicyclic) bond motifs is 1. The monoisotopic (exact) mass is 345 g/mol. The van der Waals surface area contributed by atoms with Gasteiger partial charge in [0.1, 0.15) is 0 Å². The van der Waals surface area contributed by atoms with Gasteiger partial charge in [-0.2, -0.15) is 0 Å². The fraction of sp³-hybridized carbons (Fsp3) is 0.533. The van der Waals surface area contributed by atoms with E-state index in [4.69, 9.17) is 0 Å². The molecule has 0 saturated heterocycles. The third-order valence-corrected chi connectivity index (χ3v) is 4.57. The van der Waals surface area contributed by atoms with Gasteiger partial charge in [0.25, 0.3) is 0 Å². The summed E-state index contributed by atoms with van der Waals surface area (Å²) in [5.41, 5.74) is -0.000371. The Balaban J connectivity index is 2.69. The molecule has 1 aromatic carbocycles. The highest BCUT2D eigenvalue weighted by atomic mass is 79.9. The van der Waals surface area contributed by atoms with Crippen LogP contribution in [0.15, 0.2) is 22.7 Å². The molecule has 1 aliphatic heterocycles. The van der Waals surface area contributed by atoms with E-state index in [0.29, 0.717) is 0 Å². The largest absolute Gasteiger partial charge is 0.346 e. The van der Waals surface area contributed by atoms with Crippen LogP contribution in [0.2, 0.25) is 0 Å². The van der Waals surface area contributed by atoms with Crippen molar-refractivity contribution in [1.29, 1.82) is 0 Å². The lowest BCUT2D eigenvalue weighted by atomic mass is 9.67. The second-order valence-electron chi connectivity index (χ2n) is 5.73. The molecule has 0 radical (unpaired) electrons. The second-order valence-corrected chi connectivity index (χ2v) is 6.64. The zero-order chi connectivity index (χ0) is 15.0. The van der Waals surface area contributed by atoms with Crippen LogP contribution in [-0.4, -0.2) is 19.3 Å². The summed E-state index contributed by atoms with van der Waals surface area (Å²) >= 11 is 3.38. The summed E-state index contributed by atoms with van der Waals surface area (Å²) < 4.78 is 26.8. The zero-order valence-corrected chi connectivity index (χ0v) is 13.2. The predicted molar refractivity (Wildman–Crippen MR) is 78.2 cm³/mol. The Hall–Kier alpha value is -0.970. The standard InChI is InChI=1S/C15H18BrF2NO/c1-14(2)11-4-3-10(16)9-12(11)15(5-7-17,6-8-18)13(20)19-14/h3-4,9H,5-8H2,1-2H3,(H,19,20). The van der Waals surface area contributed by atoms with E-state index in [1.54, 1.807) is 0 Å². The van der Waals surface area contributed by atoms with E-state index in [1.165, 1.54) is 0 Å². The Bertz CT molecular complexity index is 525. The minimum atomic E-state index is -1.11. The summed E-state index contributed by atoms with van der Waals surface area (Å²) in [6.07, 6.45) is 0.00454. The zero-order valence-electron chi connectivity index (χ0n) is 11.6. The second kappa shape index (κ2) is 5.43. The molecule has 1 aliphatic rings. The average Bonchev–Trinajstić information content (AvgIpc) is 2.36. The van der Waals surface area contributed by atoms with Crippen molar-refractivity contribution in [2.45, 2.75) is 37.6 Å². The van der Waals surface area contributed by atoms with E-state index in [-0.39, 0.29) is 18.7 Å². The number of alkyl halides is 2. The molecule has 0 aromatic heterocycles. The van der Waals surface area contributed by atoms with E-state index < -0.39 is 24.3 Å². The van der Waals surface area contributed by atoms with Crippen molar-refractivity contribution in [1.82, 2.24) is 5.32 Å². The van der Waals surface area contributed by atoms with Crippen LogP contribution in [0, 0.1) is 0 Å². The number of rotatable bonds is 4. The van der Waals surface area contributed by atoms with Crippen LogP contribution in [0.3, 0.4) is 0 Å². The number of halogens is 3. The summed E-state index contributed by atoms with van der Waals surface area (Å²) in [5.74, 6) is -0.289. The summed E-state index contributed by atoms with van der Waals surface area (Å²) in [6, 6.07) is 5.61. The van der Waals surface area contributed by atoms with Gasteiger partial charge in [0.15, 0.2) is 0 Å².